The number of nitrogen functional groups attached to an aromatic ring is 2. The number of anilines is 3. The number of rotatable bonds is 1. The van der Waals surface area contributed by atoms with Crippen LogP contribution in [0.4, 0.5) is 17.3 Å². The fourth-order valence-electron chi connectivity index (χ4n) is 0.680. The lowest BCUT2D eigenvalue weighted by atomic mass is 10.4. The van der Waals surface area contributed by atoms with Crippen molar-refractivity contribution in [1.82, 2.24) is 9.97 Å². The third-order valence-corrected chi connectivity index (χ3v) is 1.23. The van der Waals surface area contributed by atoms with Crippen LogP contribution in [0.1, 0.15) is 0 Å². The van der Waals surface area contributed by atoms with E-state index in [4.69, 9.17) is 17.3 Å². The predicted molar refractivity (Wildman–Crippen MR) is 43.4 cm³/mol. The van der Waals surface area contributed by atoms with Crippen molar-refractivity contribution in [1.29, 1.82) is 0 Å². The quantitative estimate of drug-likeness (QED) is 0.352. The Balaban J connectivity index is 3.17. The molecule has 0 amide bonds. The van der Waals surface area contributed by atoms with Gasteiger partial charge in [-0.2, -0.15) is 0 Å². The molecule has 0 saturated carbocycles. The van der Waals surface area contributed by atoms with Gasteiger partial charge in [-0.3, -0.25) is 5.01 Å². The van der Waals surface area contributed by atoms with Gasteiger partial charge in [0.15, 0.2) is 11.6 Å². The van der Waals surface area contributed by atoms with Gasteiger partial charge < -0.3 is 11.5 Å². The van der Waals surface area contributed by atoms with E-state index in [9.17, 15) is 0 Å². The summed E-state index contributed by atoms with van der Waals surface area (Å²) in [5.41, 5.74) is 11.2. The number of nitrogens with zero attached hydrogens (tertiary/aromatic N) is 3. The zero-order valence-electron chi connectivity index (χ0n) is 6.15. The van der Waals surface area contributed by atoms with Gasteiger partial charge in [-0.25, -0.2) is 15.8 Å². The fourth-order valence-corrected chi connectivity index (χ4v) is 0.680. The van der Waals surface area contributed by atoms with Crippen LogP contribution in [0.5, 0.6) is 0 Å². The van der Waals surface area contributed by atoms with Gasteiger partial charge in [0.1, 0.15) is 12.0 Å². The Kier molecular flexibility index (Phi) is 1.77. The summed E-state index contributed by atoms with van der Waals surface area (Å²) in [6, 6.07) is 0. The van der Waals surface area contributed by atoms with Crippen molar-refractivity contribution in [2.75, 3.05) is 23.5 Å². The Hall–Kier alpha value is -1.56. The molecule has 11 heavy (non-hydrogen) atoms. The molecule has 0 radical (unpaired) electrons. The lowest BCUT2D eigenvalue weighted by Gasteiger charge is -2.12. The topological polar surface area (TPSA) is 107 Å². The van der Waals surface area contributed by atoms with Crippen LogP contribution < -0.4 is 22.3 Å². The molecule has 6 N–H and O–H groups in total. The monoisotopic (exact) mass is 154 g/mol. The molecule has 0 atom stereocenters. The highest BCUT2D eigenvalue weighted by Crippen LogP contribution is 2.19. The zero-order chi connectivity index (χ0) is 8.43. The fraction of sp³-hybridized carbons (Fsp3) is 0.200. The molecule has 0 saturated heterocycles. The van der Waals surface area contributed by atoms with Crippen molar-refractivity contribution in [3.05, 3.63) is 6.33 Å². The van der Waals surface area contributed by atoms with Gasteiger partial charge in [-0.15, -0.1) is 0 Å². The van der Waals surface area contributed by atoms with Gasteiger partial charge in [0, 0.05) is 7.05 Å². The maximum Gasteiger partial charge on any atom is 0.171 e. The van der Waals surface area contributed by atoms with E-state index in [2.05, 4.69) is 9.97 Å². The molecule has 0 aliphatic carbocycles. The molecular weight excluding hydrogens is 144 g/mol. The van der Waals surface area contributed by atoms with E-state index >= 15 is 0 Å². The number of hydrogen-bond donors (Lipinski definition) is 3. The molecular formula is C5H10N6. The molecule has 0 bridgehead atoms. The minimum atomic E-state index is 0.243. The zero-order valence-corrected chi connectivity index (χ0v) is 6.15. The first-order chi connectivity index (χ1) is 5.13. The highest BCUT2D eigenvalue weighted by atomic mass is 15.4. The van der Waals surface area contributed by atoms with Crippen molar-refractivity contribution in [2.24, 2.45) is 5.84 Å². The Morgan fingerprint density at radius 2 is 2.00 bits per heavy atom. The molecule has 1 aromatic heterocycles. The first kappa shape index (κ1) is 7.55. The van der Waals surface area contributed by atoms with E-state index in [1.807, 2.05) is 0 Å². The van der Waals surface area contributed by atoms with Crippen LogP contribution in [0.2, 0.25) is 0 Å². The third kappa shape index (κ3) is 1.30. The predicted octanol–water partition coefficient (Wildman–Crippen LogP) is -1.05. The molecule has 1 aromatic rings. The van der Waals surface area contributed by atoms with Gasteiger partial charge >= 0.3 is 0 Å². The Bertz CT molecular complexity index is 257. The Morgan fingerprint density at radius 3 is 2.45 bits per heavy atom. The van der Waals surface area contributed by atoms with Crippen molar-refractivity contribution in [3.63, 3.8) is 0 Å². The molecule has 1 heterocycles. The molecule has 0 aliphatic rings. The normalized spacial score (nSPS) is 9.64. The van der Waals surface area contributed by atoms with Gasteiger partial charge in [0.25, 0.3) is 0 Å². The minimum Gasteiger partial charge on any atom is -0.393 e. The average Bonchev–Trinajstić information content (AvgIpc) is 1.94. The molecule has 0 unspecified atom stereocenters. The Morgan fingerprint density at radius 1 is 1.36 bits per heavy atom. The lowest BCUT2D eigenvalue weighted by Crippen LogP contribution is -2.27. The molecule has 6 nitrogen and oxygen atoms in total. The van der Waals surface area contributed by atoms with Gasteiger partial charge in [-0.1, -0.05) is 0 Å². The minimum absolute atomic E-state index is 0.243. The smallest absolute Gasteiger partial charge is 0.171 e. The maximum atomic E-state index is 5.51. The molecule has 1 rings (SSSR count). The number of hydrogen-bond acceptors (Lipinski definition) is 6. The third-order valence-electron chi connectivity index (χ3n) is 1.23. The van der Waals surface area contributed by atoms with Crippen molar-refractivity contribution in [3.8, 4) is 0 Å². The van der Waals surface area contributed by atoms with Gasteiger partial charge in [-0.05, 0) is 0 Å². The first-order valence-corrected chi connectivity index (χ1v) is 2.97. The second-order valence-electron chi connectivity index (χ2n) is 2.11. The first-order valence-electron chi connectivity index (χ1n) is 2.97. The summed E-state index contributed by atoms with van der Waals surface area (Å²) < 4.78 is 0. The SMILES string of the molecule is CN(N)c1ncnc(N)c1N. The van der Waals surface area contributed by atoms with E-state index in [1.165, 1.54) is 11.3 Å². The number of nitrogens with two attached hydrogens (primary N) is 3. The van der Waals surface area contributed by atoms with Crippen LogP contribution in [0, 0.1) is 0 Å². The summed E-state index contributed by atoms with van der Waals surface area (Å²) in [5.74, 6) is 6.06. The van der Waals surface area contributed by atoms with Crippen LogP contribution >= 0.6 is 0 Å². The summed E-state index contributed by atoms with van der Waals surface area (Å²) in [6.45, 7) is 0. The van der Waals surface area contributed by atoms with Crippen molar-refractivity contribution < 1.29 is 0 Å². The standard InChI is InChI=1S/C5H10N6/c1-11(8)5-3(6)4(7)9-2-10-5/h2H,6,8H2,1H3,(H2,7,9,10). The van der Waals surface area contributed by atoms with Gasteiger partial charge in [0.2, 0.25) is 0 Å². The van der Waals surface area contributed by atoms with E-state index < -0.39 is 0 Å². The molecule has 0 aliphatic heterocycles. The van der Waals surface area contributed by atoms with Crippen LogP contribution in [-0.4, -0.2) is 17.0 Å². The van der Waals surface area contributed by atoms with E-state index in [1.54, 1.807) is 7.05 Å². The van der Waals surface area contributed by atoms with E-state index in [-0.39, 0.29) is 5.82 Å². The maximum absolute atomic E-state index is 5.51. The largest absolute Gasteiger partial charge is 0.393 e. The summed E-state index contributed by atoms with van der Waals surface area (Å²) in [5, 5.41) is 1.29. The van der Waals surface area contributed by atoms with Crippen molar-refractivity contribution in [2.45, 2.75) is 0 Å². The molecule has 6 heteroatoms. The van der Waals surface area contributed by atoms with E-state index in [0.29, 0.717) is 11.5 Å². The summed E-state index contributed by atoms with van der Waals surface area (Å²) in [4.78, 5) is 7.50. The van der Waals surface area contributed by atoms with E-state index in [0.717, 1.165) is 0 Å². The molecule has 0 spiro atoms. The molecule has 0 aromatic carbocycles. The highest BCUT2D eigenvalue weighted by Gasteiger charge is 2.05. The summed E-state index contributed by atoms with van der Waals surface area (Å²) in [6.07, 6.45) is 1.31. The second kappa shape index (κ2) is 2.59. The Labute approximate surface area is 64.0 Å². The van der Waals surface area contributed by atoms with Crippen LogP contribution in [0.15, 0.2) is 6.33 Å². The summed E-state index contributed by atoms with van der Waals surface area (Å²) in [7, 11) is 1.62. The molecule has 60 valence electrons. The molecule has 0 fully saturated rings. The van der Waals surface area contributed by atoms with Crippen molar-refractivity contribution >= 4 is 17.3 Å². The summed E-state index contributed by atoms with van der Waals surface area (Å²) >= 11 is 0. The second-order valence-corrected chi connectivity index (χ2v) is 2.11. The number of hydrazine groups is 1. The lowest BCUT2D eigenvalue weighted by molar-refractivity contribution is 0.968. The number of aromatic nitrogens is 2. The van der Waals surface area contributed by atoms with Gasteiger partial charge in [0.05, 0.1) is 0 Å². The average molecular weight is 154 g/mol. The van der Waals surface area contributed by atoms with Crippen LogP contribution in [0.3, 0.4) is 0 Å². The van der Waals surface area contributed by atoms with Crippen LogP contribution in [-0.2, 0) is 0 Å². The highest BCUT2D eigenvalue weighted by molar-refractivity contribution is 5.72. The van der Waals surface area contributed by atoms with Crippen LogP contribution in [0.25, 0.3) is 0 Å².